The van der Waals surface area contributed by atoms with Crippen molar-refractivity contribution < 1.29 is 4.79 Å². The van der Waals surface area contributed by atoms with Gasteiger partial charge in [0.1, 0.15) is 0 Å². The summed E-state index contributed by atoms with van der Waals surface area (Å²) in [5.74, 6) is 0.757. The lowest BCUT2D eigenvalue weighted by Gasteiger charge is -2.24. The monoisotopic (exact) mass is 345 g/mol. The molecule has 138 valence electrons. The van der Waals surface area contributed by atoms with Crippen LogP contribution in [0.1, 0.15) is 42.6 Å². The Balaban J connectivity index is 1.96. The molecular weight excluding hydrogens is 314 g/mol. The zero-order valence-corrected chi connectivity index (χ0v) is 15.6. The van der Waals surface area contributed by atoms with E-state index in [0.717, 1.165) is 31.2 Å². The Kier molecular flexibility index (Phi) is 7.73. The van der Waals surface area contributed by atoms with Crippen LogP contribution in [0.15, 0.2) is 29.3 Å². The number of rotatable bonds is 7. The van der Waals surface area contributed by atoms with Crippen molar-refractivity contribution in [3.63, 3.8) is 0 Å². The van der Waals surface area contributed by atoms with Crippen molar-refractivity contribution in [1.29, 1.82) is 0 Å². The second-order valence-electron chi connectivity index (χ2n) is 6.28. The summed E-state index contributed by atoms with van der Waals surface area (Å²) >= 11 is 0. The van der Waals surface area contributed by atoms with E-state index in [9.17, 15) is 4.79 Å². The highest BCUT2D eigenvalue weighted by molar-refractivity contribution is 5.94. The maximum Gasteiger partial charge on any atom is 0.251 e. The topological polar surface area (TPSA) is 68.8 Å². The van der Waals surface area contributed by atoms with Crippen LogP contribution >= 0.6 is 0 Å². The molecule has 1 atom stereocenters. The van der Waals surface area contributed by atoms with E-state index in [2.05, 4.69) is 39.7 Å². The number of nitrogens with zero attached hydrogens (tertiary/aromatic N) is 2. The number of amides is 1. The number of guanidine groups is 1. The van der Waals surface area contributed by atoms with E-state index in [1.165, 1.54) is 19.4 Å². The maximum atomic E-state index is 11.7. The summed E-state index contributed by atoms with van der Waals surface area (Å²) in [5, 5.41) is 9.41. The number of carbonyl (C=O) groups is 1. The largest absolute Gasteiger partial charge is 0.357 e. The molecule has 0 bridgehead atoms. The van der Waals surface area contributed by atoms with Crippen LogP contribution in [0.3, 0.4) is 0 Å². The molecule has 1 saturated heterocycles. The number of hydrogen-bond donors (Lipinski definition) is 3. The Morgan fingerprint density at radius 1 is 1.32 bits per heavy atom. The molecule has 1 aliphatic rings. The zero-order valence-electron chi connectivity index (χ0n) is 15.6. The Morgan fingerprint density at radius 2 is 2.16 bits per heavy atom. The van der Waals surface area contributed by atoms with Gasteiger partial charge in [-0.25, -0.2) is 4.99 Å². The van der Waals surface area contributed by atoms with Gasteiger partial charge in [0.05, 0.1) is 6.54 Å². The first kappa shape index (κ1) is 19.2. The minimum Gasteiger partial charge on any atom is -0.357 e. The van der Waals surface area contributed by atoms with Crippen molar-refractivity contribution in [3.8, 4) is 0 Å². The van der Waals surface area contributed by atoms with Gasteiger partial charge >= 0.3 is 0 Å². The number of nitrogens with one attached hydrogen (secondary N) is 3. The predicted molar refractivity (Wildman–Crippen MR) is 103 cm³/mol. The third-order valence-corrected chi connectivity index (χ3v) is 4.59. The molecular formula is C19H31N5O. The van der Waals surface area contributed by atoms with Gasteiger partial charge in [-0.3, -0.25) is 9.69 Å². The quantitative estimate of drug-likeness (QED) is 0.518. The van der Waals surface area contributed by atoms with Gasteiger partial charge in [0.25, 0.3) is 5.91 Å². The van der Waals surface area contributed by atoms with Gasteiger partial charge < -0.3 is 16.0 Å². The molecule has 1 amide bonds. The number of likely N-dealkylation sites (N-methyl/N-ethyl adjacent to an activating group) is 1. The summed E-state index contributed by atoms with van der Waals surface area (Å²) in [4.78, 5) is 18.9. The minimum atomic E-state index is -0.0725. The molecule has 0 aliphatic carbocycles. The second kappa shape index (κ2) is 10.0. The second-order valence-corrected chi connectivity index (χ2v) is 6.28. The summed E-state index contributed by atoms with van der Waals surface area (Å²) in [6.45, 7) is 8.87. The summed E-state index contributed by atoms with van der Waals surface area (Å²) in [7, 11) is 1.64. The van der Waals surface area contributed by atoms with E-state index in [4.69, 9.17) is 0 Å². The summed E-state index contributed by atoms with van der Waals surface area (Å²) in [6.07, 6.45) is 2.52. The Morgan fingerprint density at radius 3 is 2.88 bits per heavy atom. The van der Waals surface area contributed by atoms with Gasteiger partial charge in [-0.05, 0) is 50.6 Å². The lowest BCUT2D eigenvalue weighted by molar-refractivity contribution is 0.0963. The summed E-state index contributed by atoms with van der Waals surface area (Å²) < 4.78 is 0. The normalized spacial score (nSPS) is 18.2. The molecule has 2 rings (SSSR count). The third kappa shape index (κ3) is 5.74. The van der Waals surface area contributed by atoms with E-state index in [0.29, 0.717) is 18.2 Å². The fourth-order valence-corrected chi connectivity index (χ4v) is 3.22. The van der Waals surface area contributed by atoms with Crippen molar-refractivity contribution in [2.75, 3.05) is 33.2 Å². The van der Waals surface area contributed by atoms with Crippen LogP contribution in [-0.4, -0.2) is 56.0 Å². The molecule has 0 saturated carbocycles. The Hall–Kier alpha value is -2.08. The number of carbonyl (C=O) groups excluding carboxylic acids is 1. The average Bonchev–Trinajstić information content (AvgIpc) is 3.11. The fraction of sp³-hybridized carbons (Fsp3) is 0.579. The predicted octanol–water partition coefficient (Wildman–Crippen LogP) is 1.59. The summed E-state index contributed by atoms with van der Waals surface area (Å²) in [6, 6.07) is 8.18. The molecule has 1 unspecified atom stereocenters. The highest BCUT2D eigenvalue weighted by Gasteiger charge is 2.22. The van der Waals surface area contributed by atoms with E-state index >= 15 is 0 Å². The third-order valence-electron chi connectivity index (χ3n) is 4.59. The van der Waals surface area contributed by atoms with Crippen molar-refractivity contribution in [1.82, 2.24) is 20.9 Å². The maximum absolute atomic E-state index is 11.7. The molecule has 0 radical (unpaired) electrons. The molecule has 25 heavy (non-hydrogen) atoms. The van der Waals surface area contributed by atoms with E-state index in [1.54, 1.807) is 7.05 Å². The van der Waals surface area contributed by atoms with Crippen LogP contribution in [0.4, 0.5) is 0 Å². The highest BCUT2D eigenvalue weighted by Crippen LogP contribution is 2.15. The first-order chi connectivity index (χ1) is 12.2. The zero-order chi connectivity index (χ0) is 18.1. The SMILES string of the molecule is CCNC(=NCc1cccc(C(=O)NC)c1)NCC1CCCN1CC. The van der Waals surface area contributed by atoms with Crippen molar-refractivity contribution >= 4 is 11.9 Å². The van der Waals surface area contributed by atoms with E-state index in [-0.39, 0.29) is 5.91 Å². The van der Waals surface area contributed by atoms with Crippen LogP contribution in [0.25, 0.3) is 0 Å². The molecule has 6 heteroatoms. The van der Waals surface area contributed by atoms with E-state index in [1.807, 2.05) is 24.3 Å². The average molecular weight is 345 g/mol. The van der Waals surface area contributed by atoms with Crippen molar-refractivity contribution in [3.05, 3.63) is 35.4 Å². The van der Waals surface area contributed by atoms with Crippen LogP contribution in [-0.2, 0) is 6.54 Å². The van der Waals surface area contributed by atoms with Gasteiger partial charge in [-0.2, -0.15) is 0 Å². The first-order valence-corrected chi connectivity index (χ1v) is 9.25. The molecule has 1 aromatic rings. The van der Waals surface area contributed by atoms with Crippen LogP contribution in [0.5, 0.6) is 0 Å². The van der Waals surface area contributed by atoms with E-state index < -0.39 is 0 Å². The number of benzene rings is 1. The lowest BCUT2D eigenvalue weighted by Crippen LogP contribution is -2.44. The van der Waals surface area contributed by atoms with Gasteiger partial charge in [0.2, 0.25) is 0 Å². The van der Waals surface area contributed by atoms with Gasteiger partial charge in [0, 0.05) is 31.7 Å². The molecule has 0 aromatic heterocycles. The Labute approximate surface area is 151 Å². The molecule has 0 spiro atoms. The minimum absolute atomic E-state index is 0.0725. The number of aliphatic imine (C=N–C) groups is 1. The standard InChI is InChI=1S/C19H31N5O/c1-4-21-19(23-14-17-10-7-11-24(17)5-2)22-13-15-8-6-9-16(12-15)18(25)20-3/h6,8-9,12,17H,4-5,7,10-11,13-14H2,1-3H3,(H,20,25)(H2,21,22,23). The van der Waals surface area contributed by atoms with Gasteiger partial charge in [-0.1, -0.05) is 19.1 Å². The molecule has 1 fully saturated rings. The summed E-state index contributed by atoms with van der Waals surface area (Å²) in [5.41, 5.74) is 1.69. The van der Waals surface area contributed by atoms with Crippen LogP contribution < -0.4 is 16.0 Å². The smallest absolute Gasteiger partial charge is 0.251 e. The van der Waals surface area contributed by atoms with Gasteiger partial charge in [0.15, 0.2) is 5.96 Å². The molecule has 1 heterocycles. The molecule has 1 aromatic carbocycles. The molecule has 3 N–H and O–H groups in total. The van der Waals surface area contributed by atoms with Crippen LogP contribution in [0, 0.1) is 0 Å². The van der Waals surface area contributed by atoms with Crippen molar-refractivity contribution in [2.24, 2.45) is 4.99 Å². The fourth-order valence-electron chi connectivity index (χ4n) is 3.22. The van der Waals surface area contributed by atoms with Gasteiger partial charge in [-0.15, -0.1) is 0 Å². The lowest BCUT2D eigenvalue weighted by atomic mass is 10.1. The first-order valence-electron chi connectivity index (χ1n) is 9.25. The number of hydrogen-bond acceptors (Lipinski definition) is 3. The molecule has 1 aliphatic heterocycles. The highest BCUT2D eigenvalue weighted by atomic mass is 16.1. The number of likely N-dealkylation sites (tertiary alicyclic amines) is 1. The van der Waals surface area contributed by atoms with Crippen LogP contribution in [0.2, 0.25) is 0 Å². The Bertz CT molecular complexity index is 587. The van der Waals surface area contributed by atoms with Crippen molar-refractivity contribution in [2.45, 2.75) is 39.3 Å². The molecule has 6 nitrogen and oxygen atoms in total.